The molecule has 0 spiro atoms. The predicted octanol–water partition coefficient (Wildman–Crippen LogP) is 1.74. The Labute approximate surface area is 98.1 Å². The third-order valence-electron chi connectivity index (χ3n) is 2.53. The number of aromatic nitrogens is 4. The average molecular weight is 225 g/mol. The van der Waals surface area contributed by atoms with Crippen LogP contribution in [-0.4, -0.2) is 19.6 Å². The predicted molar refractivity (Wildman–Crippen MR) is 64.6 cm³/mol. The maximum absolute atomic E-state index is 4.31. The van der Waals surface area contributed by atoms with Gasteiger partial charge in [0.2, 0.25) is 0 Å². The number of nitrogens with zero attached hydrogens (tertiary/aromatic N) is 4. The Bertz CT molecular complexity index is 617. The van der Waals surface area contributed by atoms with E-state index < -0.39 is 0 Å². The second-order valence-corrected chi connectivity index (χ2v) is 3.65. The highest BCUT2D eigenvalue weighted by molar-refractivity contribution is 5.66. The fourth-order valence-corrected chi connectivity index (χ4v) is 1.68. The lowest BCUT2D eigenvalue weighted by Gasteiger charge is -2.06. The lowest BCUT2D eigenvalue weighted by Crippen LogP contribution is -2.03. The van der Waals surface area contributed by atoms with Gasteiger partial charge >= 0.3 is 0 Å². The smallest absolute Gasteiger partial charge is 0.152 e. The first-order chi connectivity index (χ1) is 8.43. The number of hydrogen-bond donors (Lipinski definition) is 1. The van der Waals surface area contributed by atoms with Crippen molar-refractivity contribution in [3.05, 3.63) is 54.7 Å². The maximum atomic E-state index is 4.31. The van der Waals surface area contributed by atoms with Crippen LogP contribution in [0.15, 0.2) is 49.2 Å². The van der Waals surface area contributed by atoms with Gasteiger partial charge in [0.25, 0.3) is 0 Å². The summed E-state index contributed by atoms with van der Waals surface area (Å²) in [5.41, 5.74) is 2.14. The molecule has 84 valence electrons. The molecule has 0 unspecified atom stereocenters. The quantitative estimate of drug-likeness (QED) is 0.737. The number of nitrogens with one attached hydrogen (secondary N) is 1. The number of pyridine rings is 1. The van der Waals surface area contributed by atoms with Crippen LogP contribution in [0.2, 0.25) is 0 Å². The molecule has 3 aromatic heterocycles. The normalized spacial score (nSPS) is 10.6. The van der Waals surface area contributed by atoms with Gasteiger partial charge in [0.15, 0.2) is 5.82 Å². The summed E-state index contributed by atoms with van der Waals surface area (Å²) in [5.74, 6) is 0.835. The zero-order valence-electron chi connectivity index (χ0n) is 9.11. The van der Waals surface area contributed by atoms with Crippen LogP contribution in [0.5, 0.6) is 0 Å². The van der Waals surface area contributed by atoms with Gasteiger partial charge in [-0.05, 0) is 23.8 Å². The lowest BCUT2D eigenvalue weighted by atomic mass is 10.3. The molecule has 0 saturated carbocycles. The molecular formula is C12H11N5. The summed E-state index contributed by atoms with van der Waals surface area (Å²) in [4.78, 5) is 8.29. The first kappa shape index (κ1) is 9.77. The Balaban J connectivity index is 1.84. The molecular weight excluding hydrogens is 214 g/mol. The second-order valence-electron chi connectivity index (χ2n) is 3.65. The largest absolute Gasteiger partial charge is 0.364 e. The summed E-state index contributed by atoms with van der Waals surface area (Å²) in [5, 5.41) is 7.45. The first-order valence-electron chi connectivity index (χ1n) is 5.34. The minimum absolute atomic E-state index is 0.723. The molecule has 3 aromatic rings. The van der Waals surface area contributed by atoms with Crippen molar-refractivity contribution in [2.45, 2.75) is 6.54 Å². The maximum Gasteiger partial charge on any atom is 0.152 e. The van der Waals surface area contributed by atoms with E-state index >= 15 is 0 Å². The van der Waals surface area contributed by atoms with Crippen molar-refractivity contribution in [3.63, 3.8) is 0 Å². The van der Waals surface area contributed by atoms with Crippen LogP contribution in [0.25, 0.3) is 5.52 Å². The fraction of sp³-hybridized carbons (Fsp3) is 0.0833. The molecule has 0 aromatic carbocycles. The molecule has 0 aliphatic rings. The van der Waals surface area contributed by atoms with Crippen LogP contribution in [0.3, 0.4) is 0 Å². The van der Waals surface area contributed by atoms with Gasteiger partial charge in [-0.1, -0.05) is 0 Å². The molecule has 0 atom stereocenters. The third kappa shape index (κ3) is 1.94. The third-order valence-corrected chi connectivity index (χ3v) is 2.53. The highest BCUT2D eigenvalue weighted by Crippen LogP contribution is 2.13. The summed E-state index contributed by atoms with van der Waals surface area (Å²) in [6.45, 7) is 0.723. The van der Waals surface area contributed by atoms with Crippen LogP contribution in [-0.2, 0) is 6.54 Å². The molecule has 17 heavy (non-hydrogen) atoms. The summed E-state index contributed by atoms with van der Waals surface area (Å²) in [6, 6.07) is 5.88. The summed E-state index contributed by atoms with van der Waals surface area (Å²) < 4.78 is 1.79. The fourth-order valence-electron chi connectivity index (χ4n) is 1.68. The van der Waals surface area contributed by atoms with E-state index in [0.29, 0.717) is 0 Å². The Morgan fingerprint density at radius 2 is 1.94 bits per heavy atom. The van der Waals surface area contributed by atoms with Crippen LogP contribution in [0.4, 0.5) is 5.82 Å². The van der Waals surface area contributed by atoms with Crippen molar-refractivity contribution in [1.29, 1.82) is 0 Å². The van der Waals surface area contributed by atoms with Crippen molar-refractivity contribution < 1.29 is 0 Å². The molecule has 3 heterocycles. The van der Waals surface area contributed by atoms with Crippen molar-refractivity contribution in [1.82, 2.24) is 19.6 Å². The number of hydrogen-bond acceptors (Lipinski definition) is 4. The summed E-state index contributed by atoms with van der Waals surface area (Å²) in [7, 11) is 0. The standard InChI is InChI=1S/C12H11N5/c1-4-13-5-2-10(1)9-15-12-11-3-6-16-17(11)8-7-14-12/h1-8H,9H2,(H,14,15). The van der Waals surface area contributed by atoms with Gasteiger partial charge in [-0.25, -0.2) is 9.50 Å². The topological polar surface area (TPSA) is 55.1 Å². The van der Waals surface area contributed by atoms with Crippen LogP contribution in [0.1, 0.15) is 5.56 Å². The van der Waals surface area contributed by atoms with E-state index in [1.54, 1.807) is 29.3 Å². The van der Waals surface area contributed by atoms with Gasteiger partial charge in [0, 0.05) is 31.3 Å². The van der Waals surface area contributed by atoms with Crippen LogP contribution >= 0.6 is 0 Å². The van der Waals surface area contributed by atoms with Gasteiger partial charge in [0.1, 0.15) is 5.52 Å². The summed E-state index contributed by atoms with van der Waals surface area (Å²) >= 11 is 0. The van der Waals surface area contributed by atoms with E-state index in [4.69, 9.17) is 0 Å². The van der Waals surface area contributed by atoms with E-state index in [0.717, 1.165) is 17.9 Å². The van der Waals surface area contributed by atoms with Crippen molar-refractivity contribution in [2.75, 3.05) is 5.32 Å². The summed E-state index contributed by atoms with van der Waals surface area (Å²) in [6.07, 6.45) is 8.88. The van der Waals surface area contributed by atoms with Crippen molar-refractivity contribution in [2.24, 2.45) is 0 Å². The number of anilines is 1. The van der Waals surface area contributed by atoms with Gasteiger partial charge in [-0.3, -0.25) is 4.98 Å². The minimum Gasteiger partial charge on any atom is -0.364 e. The van der Waals surface area contributed by atoms with E-state index in [9.17, 15) is 0 Å². The first-order valence-corrected chi connectivity index (χ1v) is 5.34. The molecule has 5 nitrogen and oxygen atoms in total. The highest BCUT2D eigenvalue weighted by atomic mass is 15.2. The van der Waals surface area contributed by atoms with Gasteiger partial charge < -0.3 is 5.32 Å². The molecule has 1 N–H and O–H groups in total. The minimum atomic E-state index is 0.723. The van der Waals surface area contributed by atoms with Crippen LogP contribution < -0.4 is 5.32 Å². The zero-order valence-corrected chi connectivity index (χ0v) is 9.11. The van der Waals surface area contributed by atoms with E-state index in [-0.39, 0.29) is 0 Å². The molecule has 0 amide bonds. The van der Waals surface area contributed by atoms with Gasteiger partial charge in [-0.15, -0.1) is 0 Å². The van der Waals surface area contributed by atoms with E-state index in [1.165, 1.54) is 5.56 Å². The molecule has 0 bridgehead atoms. The van der Waals surface area contributed by atoms with Gasteiger partial charge in [-0.2, -0.15) is 5.10 Å². The van der Waals surface area contributed by atoms with E-state index in [1.807, 2.05) is 24.4 Å². The molecule has 0 aliphatic carbocycles. The Morgan fingerprint density at radius 3 is 2.82 bits per heavy atom. The van der Waals surface area contributed by atoms with E-state index in [2.05, 4.69) is 20.4 Å². The van der Waals surface area contributed by atoms with Crippen LogP contribution in [0, 0.1) is 0 Å². The highest BCUT2D eigenvalue weighted by Gasteiger charge is 2.02. The molecule has 0 fully saturated rings. The Morgan fingerprint density at radius 1 is 1.06 bits per heavy atom. The van der Waals surface area contributed by atoms with Crippen molar-refractivity contribution >= 4 is 11.3 Å². The number of rotatable bonds is 3. The molecule has 5 heteroatoms. The molecule has 0 radical (unpaired) electrons. The van der Waals surface area contributed by atoms with Crippen molar-refractivity contribution in [3.8, 4) is 0 Å². The Kier molecular flexibility index (Phi) is 2.42. The zero-order chi connectivity index (χ0) is 11.5. The molecule has 0 saturated heterocycles. The molecule has 0 aliphatic heterocycles. The average Bonchev–Trinajstić information content (AvgIpc) is 2.86. The van der Waals surface area contributed by atoms with Gasteiger partial charge in [0.05, 0.1) is 6.20 Å². The SMILES string of the molecule is c1cc(CNc2nccn3nccc23)ccn1. The Hall–Kier alpha value is -2.43. The molecule has 3 rings (SSSR count). The monoisotopic (exact) mass is 225 g/mol. The lowest BCUT2D eigenvalue weighted by molar-refractivity contribution is 0.942. The number of fused-ring (bicyclic) bond motifs is 1. The second kappa shape index (κ2) is 4.21.